The van der Waals surface area contributed by atoms with Gasteiger partial charge in [-0.2, -0.15) is 0 Å². The molecule has 286 valence electrons. The molecule has 6 aromatic carbocycles. The van der Waals surface area contributed by atoms with Crippen LogP contribution in [0.3, 0.4) is 0 Å². The lowest BCUT2D eigenvalue weighted by molar-refractivity contribution is 0.671. The molecule has 0 spiro atoms. The highest BCUT2D eigenvalue weighted by molar-refractivity contribution is 6.13. The van der Waals surface area contributed by atoms with E-state index in [0.717, 1.165) is 111 Å². The van der Waals surface area contributed by atoms with Gasteiger partial charge in [0, 0.05) is 80.1 Å². The fourth-order valence-electron chi connectivity index (χ4n) is 8.13. The van der Waals surface area contributed by atoms with E-state index in [2.05, 4.69) is 140 Å². The molecule has 0 aliphatic carbocycles. The monoisotopic (exact) mass is 780 g/mol. The van der Waals surface area contributed by atoms with Crippen LogP contribution in [0.15, 0.2) is 223 Å². The van der Waals surface area contributed by atoms with Gasteiger partial charge in [0.2, 0.25) is 0 Å². The molecule has 0 saturated carbocycles. The Morgan fingerprint density at radius 3 is 1.02 bits per heavy atom. The second-order valence-electron chi connectivity index (χ2n) is 15.1. The Morgan fingerprint density at radius 2 is 0.607 bits per heavy atom. The minimum absolute atomic E-state index is 0.851. The van der Waals surface area contributed by atoms with Crippen molar-refractivity contribution in [2.24, 2.45) is 0 Å². The minimum Gasteiger partial charge on any atom is -0.455 e. The number of fused-ring (bicyclic) bond motifs is 3. The molecular weight excluding hydrogens is 745 g/mol. The first-order valence-electron chi connectivity index (χ1n) is 20.3. The van der Waals surface area contributed by atoms with Crippen LogP contribution < -0.4 is 0 Å². The molecule has 0 fully saturated rings. The number of benzene rings is 6. The van der Waals surface area contributed by atoms with Gasteiger partial charge in [0.1, 0.15) is 11.2 Å². The Kier molecular flexibility index (Phi) is 9.10. The first-order chi connectivity index (χ1) is 30.2. The molecule has 5 aromatic heterocycles. The maximum absolute atomic E-state index is 6.88. The van der Waals surface area contributed by atoms with Gasteiger partial charge in [-0.15, -0.1) is 0 Å². The summed E-state index contributed by atoms with van der Waals surface area (Å²) in [6.45, 7) is 0. The molecule has 0 saturated heterocycles. The summed E-state index contributed by atoms with van der Waals surface area (Å²) in [6.07, 6.45) is 7.69. The smallest absolute Gasteiger partial charge is 0.143 e. The van der Waals surface area contributed by atoms with Crippen LogP contribution in [0.25, 0.3) is 111 Å². The summed E-state index contributed by atoms with van der Waals surface area (Å²) in [6, 6.07) is 67.0. The van der Waals surface area contributed by atoms with Crippen molar-refractivity contribution >= 4 is 21.9 Å². The van der Waals surface area contributed by atoms with Crippen molar-refractivity contribution in [2.45, 2.75) is 0 Å². The van der Waals surface area contributed by atoms with Crippen molar-refractivity contribution in [1.29, 1.82) is 0 Å². The zero-order valence-electron chi connectivity index (χ0n) is 33.0. The number of rotatable bonds is 8. The van der Waals surface area contributed by atoms with E-state index >= 15 is 0 Å². The summed E-state index contributed by atoms with van der Waals surface area (Å²) >= 11 is 0. The topological polar surface area (TPSA) is 64.7 Å². The van der Waals surface area contributed by atoms with Crippen LogP contribution in [0.4, 0.5) is 0 Å². The fourth-order valence-corrected chi connectivity index (χ4v) is 8.13. The van der Waals surface area contributed by atoms with Crippen molar-refractivity contribution in [3.63, 3.8) is 0 Å². The van der Waals surface area contributed by atoms with E-state index in [-0.39, 0.29) is 0 Å². The number of furan rings is 1. The molecule has 5 heteroatoms. The lowest BCUT2D eigenvalue weighted by Crippen LogP contribution is -1.91. The predicted molar refractivity (Wildman–Crippen MR) is 248 cm³/mol. The third kappa shape index (κ3) is 6.94. The van der Waals surface area contributed by atoms with E-state index in [0.29, 0.717) is 0 Å². The SMILES string of the molecule is c1ccc(-c2ccc(-c3ccc(-c4cc(-c5ccc(-c6ccc(-c7ccccc7)nc6)nc5)cc(-c5cccc6c5oc5c(-c7ccccc7)cccc56)c4)cn3)cn2)cc1. The van der Waals surface area contributed by atoms with Crippen LogP contribution in [0, 0.1) is 0 Å². The molecule has 0 unspecified atom stereocenters. The van der Waals surface area contributed by atoms with Crippen molar-refractivity contribution in [2.75, 3.05) is 0 Å². The first kappa shape index (κ1) is 35.8. The van der Waals surface area contributed by atoms with Crippen LogP contribution >= 0.6 is 0 Å². The standard InChI is InChI=1S/C56H36N4O/c1-4-12-37(13-5-1)47-18-10-20-49-50-21-11-19-48(56(50)61-55(47)49)46-31-44(40-22-26-53(57-33-40)42-24-28-51(59-35-42)38-14-6-2-7-15-38)30-45(32-46)41-23-27-54(58-34-41)43-25-29-52(60-36-43)39-16-8-3-9-17-39/h1-36H. The molecule has 0 bridgehead atoms. The highest BCUT2D eigenvalue weighted by atomic mass is 16.3. The number of para-hydroxylation sites is 2. The Hall–Kier alpha value is -8.28. The van der Waals surface area contributed by atoms with Gasteiger partial charge in [-0.05, 0) is 76.9 Å². The van der Waals surface area contributed by atoms with Crippen molar-refractivity contribution in [1.82, 2.24) is 19.9 Å². The van der Waals surface area contributed by atoms with E-state index in [1.54, 1.807) is 0 Å². The largest absolute Gasteiger partial charge is 0.455 e. The summed E-state index contributed by atoms with van der Waals surface area (Å²) in [4.78, 5) is 19.4. The normalized spacial score (nSPS) is 11.3. The molecule has 0 radical (unpaired) electrons. The molecule has 61 heavy (non-hydrogen) atoms. The van der Waals surface area contributed by atoms with Gasteiger partial charge in [0.15, 0.2) is 0 Å². The zero-order valence-corrected chi connectivity index (χ0v) is 33.0. The van der Waals surface area contributed by atoms with Gasteiger partial charge in [-0.3, -0.25) is 19.9 Å². The number of nitrogens with zero attached hydrogens (tertiary/aromatic N) is 4. The predicted octanol–water partition coefficient (Wildman–Crippen LogP) is 14.5. The third-order valence-electron chi connectivity index (χ3n) is 11.3. The van der Waals surface area contributed by atoms with Gasteiger partial charge in [0.25, 0.3) is 0 Å². The van der Waals surface area contributed by atoms with E-state index in [9.17, 15) is 0 Å². The minimum atomic E-state index is 0.851. The second-order valence-corrected chi connectivity index (χ2v) is 15.1. The molecule has 11 aromatic rings. The lowest BCUT2D eigenvalue weighted by atomic mass is 9.93. The summed E-state index contributed by atoms with van der Waals surface area (Å²) in [7, 11) is 0. The number of pyridine rings is 4. The highest BCUT2D eigenvalue weighted by Gasteiger charge is 2.17. The molecule has 0 amide bonds. The number of hydrogen-bond acceptors (Lipinski definition) is 5. The molecule has 0 N–H and O–H groups in total. The molecule has 5 heterocycles. The molecule has 0 atom stereocenters. The Balaban J connectivity index is 0.991. The van der Waals surface area contributed by atoms with E-state index in [1.807, 2.05) is 79.4 Å². The molecular formula is C56H36N4O. The van der Waals surface area contributed by atoms with Crippen LogP contribution in [0.1, 0.15) is 0 Å². The van der Waals surface area contributed by atoms with Gasteiger partial charge in [-0.25, -0.2) is 0 Å². The quantitative estimate of drug-likeness (QED) is 0.154. The van der Waals surface area contributed by atoms with Gasteiger partial charge in [-0.1, -0.05) is 140 Å². The number of aromatic nitrogens is 4. The molecule has 0 aliphatic heterocycles. The van der Waals surface area contributed by atoms with E-state index in [1.165, 1.54) is 0 Å². The maximum atomic E-state index is 6.88. The van der Waals surface area contributed by atoms with Crippen LogP contribution in [0.5, 0.6) is 0 Å². The summed E-state index contributed by atoms with van der Waals surface area (Å²) in [5, 5.41) is 2.17. The maximum Gasteiger partial charge on any atom is 0.143 e. The Bertz CT molecular complexity index is 3150. The van der Waals surface area contributed by atoms with Crippen LogP contribution in [0.2, 0.25) is 0 Å². The summed E-state index contributed by atoms with van der Waals surface area (Å²) < 4.78 is 6.88. The highest BCUT2D eigenvalue weighted by Crippen LogP contribution is 2.42. The van der Waals surface area contributed by atoms with Crippen LogP contribution in [-0.4, -0.2) is 19.9 Å². The summed E-state index contributed by atoms with van der Waals surface area (Å²) in [5.41, 5.74) is 17.7. The van der Waals surface area contributed by atoms with Crippen molar-refractivity contribution < 1.29 is 4.42 Å². The Morgan fingerprint density at radius 1 is 0.246 bits per heavy atom. The average Bonchev–Trinajstić information content (AvgIpc) is 3.74. The second kappa shape index (κ2) is 15.5. The van der Waals surface area contributed by atoms with E-state index in [4.69, 9.17) is 24.4 Å². The van der Waals surface area contributed by atoms with Crippen molar-refractivity contribution in [3.05, 3.63) is 219 Å². The fraction of sp³-hybridized carbons (Fsp3) is 0. The third-order valence-corrected chi connectivity index (χ3v) is 11.3. The van der Waals surface area contributed by atoms with Crippen LogP contribution in [-0.2, 0) is 0 Å². The Labute approximate surface area is 353 Å². The lowest BCUT2D eigenvalue weighted by Gasteiger charge is -2.12. The molecule has 5 nitrogen and oxygen atoms in total. The van der Waals surface area contributed by atoms with Crippen molar-refractivity contribution in [3.8, 4) is 89.5 Å². The average molecular weight is 781 g/mol. The summed E-state index contributed by atoms with van der Waals surface area (Å²) in [5.74, 6) is 0. The van der Waals surface area contributed by atoms with Gasteiger partial charge < -0.3 is 4.42 Å². The van der Waals surface area contributed by atoms with E-state index < -0.39 is 0 Å². The number of hydrogen-bond donors (Lipinski definition) is 0. The molecule has 11 rings (SSSR count). The van der Waals surface area contributed by atoms with Gasteiger partial charge >= 0.3 is 0 Å². The first-order valence-corrected chi connectivity index (χ1v) is 20.3. The molecule has 0 aliphatic rings. The zero-order chi connectivity index (χ0) is 40.5. The van der Waals surface area contributed by atoms with Gasteiger partial charge in [0.05, 0.1) is 22.8 Å².